The zero-order chi connectivity index (χ0) is 27.4. The Morgan fingerprint density at radius 3 is 2.55 bits per heavy atom. The molecular formula is C29H38FN3O5. The Balaban J connectivity index is 1.49. The first-order chi connectivity index (χ1) is 18.0. The minimum Gasteiger partial charge on any atom is -0.462 e. The lowest BCUT2D eigenvalue weighted by atomic mass is 9.78. The van der Waals surface area contributed by atoms with Crippen LogP contribution in [0.2, 0.25) is 0 Å². The molecule has 2 aromatic rings. The van der Waals surface area contributed by atoms with Crippen LogP contribution in [0.25, 0.3) is 5.52 Å². The number of aryl methyl sites for hydroxylation is 1. The molecule has 0 bridgehead atoms. The standard InChI is InChI=1S/C29H38FN3O5/c1-6-37-27(35)20-12-19(17-10-11-17)24-16(2)25(22(30)15-33(24)26(20)34)32-13-18-8-7-9-23(21(18)14-32)31-28(36)38-29(3,4)5/h12,15,17-18,21,23H,6-11,13-14H2,1-5H3,(H,31,36)/t18-,21+,23+/m1/s1. The van der Waals surface area contributed by atoms with Gasteiger partial charge in [0.1, 0.15) is 11.2 Å². The molecule has 8 nitrogen and oxygen atoms in total. The summed E-state index contributed by atoms with van der Waals surface area (Å²) in [6.07, 6.45) is 5.63. The molecule has 0 aromatic carbocycles. The predicted octanol–water partition coefficient (Wildman–Crippen LogP) is 4.93. The van der Waals surface area contributed by atoms with Gasteiger partial charge < -0.3 is 19.7 Å². The van der Waals surface area contributed by atoms with Crippen LogP contribution in [0.3, 0.4) is 0 Å². The summed E-state index contributed by atoms with van der Waals surface area (Å²) in [5, 5.41) is 3.07. The fraction of sp³-hybridized carbons (Fsp3) is 0.621. The predicted molar refractivity (Wildman–Crippen MR) is 142 cm³/mol. The molecule has 3 aliphatic rings. The van der Waals surface area contributed by atoms with Crippen LogP contribution in [-0.2, 0) is 9.47 Å². The number of anilines is 1. The number of ether oxygens (including phenoxy) is 2. The third-order valence-corrected chi connectivity index (χ3v) is 8.07. The van der Waals surface area contributed by atoms with Crippen LogP contribution < -0.4 is 15.8 Å². The minimum absolute atomic E-state index is 0.0331. The fourth-order valence-corrected chi connectivity index (χ4v) is 6.38. The van der Waals surface area contributed by atoms with Gasteiger partial charge in [-0.05, 0) is 89.3 Å². The van der Waals surface area contributed by atoms with E-state index < -0.39 is 29.0 Å². The van der Waals surface area contributed by atoms with E-state index in [1.165, 1.54) is 10.6 Å². The van der Waals surface area contributed by atoms with Gasteiger partial charge in [0.15, 0.2) is 5.82 Å². The van der Waals surface area contributed by atoms with Gasteiger partial charge in [-0.3, -0.25) is 9.20 Å². The molecule has 3 heterocycles. The molecule has 1 aliphatic heterocycles. The Kier molecular flexibility index (Phi) is 6.90. The Labute approximate surface area is 222 Å². The van der Waals surface area contributed by atoms with Crippen molar-refractivity contribution in [3.63, 3.8) is 0 Å². The van der Waals surface area contributed by atoms with Crippen molar-refractivity contribution in [1.82, 2.24) is 9.72 Å². The minimum atomic E-state index is -0.678. The van der Waals surface area contributed by atoms with E-state index in [1.54, 1.807) is 13.0 Å². The summed E-state index contributed by atoms with van der Waals surface area (Å²) < 4.78 is 27.7. The van der Waals surface area contributed by atoms with Crippen molar-refractivity contribution in [3.05, 3.63) is 45.1 Å². The highest BCUT2D eigenvalue weighted by molar-refractivity contribution is 5.90. The number of esters is 1. The molecule has 3 fully saturated rings. The van der Waals surface area contributed by atoms with Crippen molar-refractivity contribution in [3.8, 4) is 0 Å². The summed E-state index contributed by atoms with van der Waals surface area (Å²) in [7, 11) is 0. The number of nitrogens with zero attached hydrogens (tertiary/aromatic N) is 2. The van der Waals surface area contributed by atoms with Gasteiger partial charge in [-0.25, -0.2) is 14.0 Å². The van der Waals surface area contributed by atoms with Crippen LogP contribution in [0.15, 0.2) is 17.1 Å². The number of alkyl carbamates (subject to hydrolysis) is 1. The van der Waals surface area contributed by atoms with Crippen LogP contribution in [0.5, 0.6) is 0 Å². The van der Waals surface area contributed by atoms with E-state index in [4.69, 9.17) is 9.47 Å². The third-order valence-electron chi connectivity index (χ3n) is 8.07. The first-order valence-electron chi connectivity index (χ1n) is 13.8. The number of halogens is 1. The SMILES string of the molecule is CCOC(=O)c1cc(C2CC2)c2c(C)c(N3C[C@H]4CCC[C@H](NC(=O)OC(C)(C)C)[C@H]4C3)c(F)cn2c1=O. The van der Waals surface area contributed by atoms with Gasteiger partial charge in [-0.15, -0.1) is 0 Å². The number of hydrogen-bond donors (Lipinski definition) is 1. The molecule has 0 radical (unpaired) electrons. The molecule has 2 aliphatic carbocycles. The zero-order valence-electron chi connectivity index (χ0n) is 22.9. The van der Waals surface area contributed by atoms with Crippen LogP contribution in [0.4, 0.5) is 14.9 Å². The van der Waals surface area contributed by atoms with Crippen molar-refractivity contribution in [2.45, 2.75) is 84.3 Å². The summed E-state index contributed by atoms with van der Waals surface area (Å²) in [6, 6.07) is 1.63. The third kappa shape index (κ3) is 4.99. The normalized spacial score (nSPS) is 23.3. The molecule has 2 saturated carbocycles. The topological polar surface area (TPSA) is 89.3 Å². The molecular weight excluding hydrogens is 489 g/mol. The largest absolute Gasteiger partial charge is 0.462 e. The highest BCUT2D eigenvalue weighted by atomic mass is 19.1. The number of carbonyl (C=O) groups excluding carboxylic acids is 2. The van der Waals surface area contributed by atoms with Gasteiger partial charge in [-0.2, -0.15) is 0 Å². The lowest BCUT2D eigenvalue weighted by Crippen LogP contribution is -2.47. The van der Waals surface area contributed by atoms with Crippen LogP contribution in [-0.4, -0.2) is 47.8 Å². The molecule has 0 spiro atoms. The van der Waals surface area contributed by atoms with Gasteiger partial charge in [0.05, 0.1) is 24.0 Å². The number of hydrogen-bond acceptors (Lipinski definition) is 6. The zero-order valence-corrected chi connectivity index (χ0v) is 22.9. The van der Waals surface area contributed by atoms with Crippen LogP contribution >= 0.6 is 0 Å². The number of nitrogens with one attached hydrogen (secondary N) is 1. The summed E-state index contributed by atoms with van der Waals surface area (Å²) >= 11 is 0. The maximum Gasteiger partial charge on any atom is 0.407 e. The van der Waals surface area contributed by atoms with Crippen molar-refractivity contribution in [2.75, 3.05) is 24.6 Å². The van der Waals surface area contributed by atoms with Gasteiger partial charge in [0.25, 0.3) is 5.56 Å². The van der Waals surface area contributed by atoms with E-state index in [0.29, 0.717) is 35.8 Å². The quantitative estimate of drug-likeness (QED) is 0.555. The summed E-state index contributed by atoms with van der Waals surface area (Å²) in [4.78, 5) is 40.3. The van der Waals surface area contributed by atoms with Gasteiger partial charge in [-0.1, -0.05) is 6.42 Å². The number of pyridine rings is 2. The van der Waals surface area contributed by atoms with E-state index in [0.717, 1.165) is 37.7 Å². The van der Waals surface area contributed by atoms with Gasteiger partial charge in [0.2, 0.25) is 0 Å². The van der Waals surface area contributed by atoms with E-state index in [9.17, 15) is 14.4 Å². The van der Waals surface area contributed by atoms with Crippen molar-refractivity contribution < 1.29 is 23.5 Å². The van der Waals surface area contributed by atoms with E-state index >= 15 is 4.39 Å². The average molecular weight is 528 g/mol. The maximum absolute atomic E-state index is 15.8. The number of amides is 1. The smallest absolute Gasteiger partial charge is 0.407 e. The van der Waals surface area contributed by atoms with E-state index in [-0.39, 0.29) is 30.0 Å². The second-order valence-corrected chi connectivity index (χ2v) is 12.0. The lowest BCUT2D eigenvalue weighted by molar-refractivity contribution is 0.0459. The maximum atomic E-state index is 15.8. The Morgan fingerprint density at radius 1 is 1.16 bits per heavy atom. The summed E-state index contributed by atoms with van der Waals surface area (Å²) in [5.41, 5.74) is 1.59. The number of aromatic nitrogens is 1. The summed E-state index contributed by atoms with van der Waals surface area (Å²) in [5.74, 6) is -0.421. The highest BCUT2D eigenvalue weighted by Gasteiger charge is 2.42. The Morgan fingerprint density at radius 2 is 1.89 bits per heavy atom. The lowest BCUT2D eigenvalue weighted by Gasteiger charge is -2.33. The number of rotatable bonds is 5. The number of fused-ring (bicyclic) bond motifs is 2. The molecule has 1 N–H and O–H groups in total. The Hall–Kier alpha value is -3.10. The van der Waals surface area contributed by atoms with Gasteiger partial charge in [0, 0.05) is 25.0 Å². The van der Waals surface area contributed by atoms with Crippen molar-refractivity contribution in [2.24, 2.45) is 11.8 Å². The summed E-state index contributed by atoms with van der Waals surface area (Å²) in [6.45, 7) is 10.5. The van der Waals surface area contributed by atoms with Crippen LogP contribution in [0.1, 0.15) is 87.2 Å². The van der Waals surface area contributed by atoms with Crippen molar-refractivity contribution >= 4 is 23.3 Å². The highest BCUT2D eigenvalue weighted by Crippen LogP contribution is 2.45. The van der Waals surface area contributed by atoms with Crippen LogP contribution in [0, 0.1) is 24.6 Å². The monoisotopic (exact) mass is 527 g/mol. The molecule has 1 saturated heterocycles. The molecule has 5 rings (SSSR count). The molecule has 3 atom stereocenters. The second kappa shape index (κ2) is 9.89. The Bertz CT molecular complexity index is 1330. The van der Waals surface area contributed by atoms with Gasteiger partial charge >= 0.3 is 12.1 Å². The fourth-order valence-electron chi connectivity index (χ4n) is 6.38. The molecule has 2 aromatic heterocycles. The van der Waals surface area contributed by atoms with Crippen molar-refractivity contribution in [1.29, 1.82) is 0 Å². The van der Waals surface area contributed by atoms with E-state index in [1.807, 2.05) is 27.7 Å². The molecule has 38 heavy (non-hydrogen) atoms. The first-order valence-corrected chi connectivity index (χ1v) is 13.8. The van der Waals surface area contributed by atoms with E-state index in [2.05, 4.69) is 10.2 Å². The molecule has 0 unspecified atom stereocenters. The molecule has 9 heteroatoms. The average Bonchev–Trinajstić information content (AvgIpc) is 3.57. The second-order valence-electron chi connectivity index (χ2n) is 12.0. The molecule has 1 amide bonds. The number of carbonyl (C=O) groups is 2. The first kappa shape index (κ1) is 26.5. The molecule has 206 valence electrons.